The third-order valence-corrected chi connectivity index (χ3v) is 5.06. The Balaban J connectivity index is 0.000000930. The lowest BCUT2D eigenvalue weighted by atomic mass is 10.1. The lowest BCUT2D eigenvalue weighted by Gasteiger charge is -2.13. The molecule has 1 saturated carbocycles. The monoisotopic (exact) mass is 434 g/mol. The second-order valence-electron chi connectivity index (χ2n) is 5.59. The van der Waals surface area contributed by atoms with Gasteiger partial charge >= 0.3 is 0 Å². The van der Waals surface area contributed by atoms with Gasteiger partial charge in [0, 0.05) is 24.6 Å². The molecule has 3 rings (SSSR count). The standard InChI is InChI=1S/C14H16Cl2N4O.2C2H6.CH4O2/c1-7-10(15)11-13(19-12(7)16)20(6-18-11)9-4-3-8(5-9)14(21)17-2;2*1-2;2-1-3/h6,8-9H,3-5H2,1-2H3,(H,17,21);2*1-2H3;2-3H,1H2. The van der Waals surface area contributed by atoms with E-state index in [9.17, 15) is 4.79 Å². The fourth-order valence-corrected chi connectivity index (χ4v) is 3.43. The molecular weight excluding hydrogens is 403 g/mol. The Morgan fingerprint density at radius 1 is 1.25 bits per heavy atom. The van der Waals surface area contributed by atoms with E-state index >= 15 is 0 Å². The molecule has 2 aromatic heterocycles. The van der Waals surface area contributed by atoms with Crippen LogP contribution >= 0.6 is 23.2 Å². The predicted molar refractivity (Wildman–Crippen MR) is 115 cm³/mol. The Hall–Kier alpha value is -1.41. The fraction of sp³-hybridized carbons (Fsp3) is 0.632. The molecule has 2 unspecified atom stereocenters. The van der Waals surface area contributed by atoms with Crippen LogP contribution < -0.4 is 5.32 Å². The van der Waals surface area contributed by atoms with Gasteiger partial charge in [0.2, 0.25) is 5.91 Å². The largest absolute Gasteiger partial charge is 0.371 e. The van der Waals surface area contributed by atoms with Crippen LogP contribution in [0.5, 0.6) is 0 Å². The molecule has 3 N–H and O–H groups in total. The number of pyridine rings is 1. The second-order valence-corrected chi connectivity index (χ2v) is 6.32. The highest BCUT2D eigenvalue weighted by molar-refractivity contribution is 6.38. The summed E-state index contributed by atoms with van der Waals surface area (Å²) in [6.45, 7) is 9.08. The van der Waals surface area contributed by atoms with Crippen LogP contribution in [0.1, 0.15) is 58.6 Å². The van der Waals surface area contributed by atoms with Gasteiger partial charge in [-0.25, -0.2) is 9.97 Å². The lowest BCUT2D eigenvalue weighted by molar-refractivity contribution is -0.124. The van der Waals surface area contributed by atoms with Crippen molar-refractivity contribution in [2.24, 2.45) is 5.92 Å². The van der Waals surface area contributed by atoms with Gasteiger partial charge in [-0.15, -0.1) is 0 Å². The normalized spacial score (nSPS) is 17.5. The number of aliphatic hydroxyl groups excluding tert-OH is 1. The highest BCUT2D eigenvalue weighted by atomic mass is 35.5. The van der Waals surface area contributed by atoms with E-state index in [-0.39, 0.29) is 17.9 Å². The molecule has 9 heteroatoms. The average molecular weight is 435 g/mol. The van der Waals surface area contributed by atoms with Crippen LogP contribution in [-0.4, -0.2) is 44.5 Å². The molecule has 0 aliphatic heterocycles. The molecule has 2 atom stereocenters. The molecular formula is C19H32Cl2N4O3. The number of fused-ring (bicyclic) bond motifs is 1. The van der Waals surface area contributed by atoms with Crippen molar-refractivity contribution in [2.75, 3.05) is 13.8 Å². The molecule has 160 valence electrons. The Morgan fingerprint density at radius 3 is 2.36 bits per heavy atom. The molecule has 7 nitrogen and oxygen atoms in total. The molecule has 1 amide bonds. The summed E-state index contributed by atoms with van der Waals surface area (Å²) >= 11 is 12.4. The lowest BCUT2D eigenvalue weighted by Crippen LogP contribution is -2.25. The minimum absolute atomic E-state index is 0.0499. The number of amides is 1. The maximum atomic E-state index is 11.8. The summed E-state index contributed by atoms with van der Waals surface area (Å²) in [6.07, 6.45) is 4.33. The summed E-state index contributed by atoms with van der Waals surface area (Å²) in [6, 6.07) is 0.208. The quantitative estimate of drug-likeness (QED) is 0.487. The zero-order valence-electron chi connectivity index (χ0n) is 17.5. The number of aromatic nitrogens is 3. The van der Waals surface area contributed by atoms with Crippen molar-refractivity contribution in [1.29, 1.82) is 0 Å². The summed E-state index contributed by atoms with van der Waals surface area (Å²) in [5, 5.41) is 17.9. The Labute approximate surface area is 177 Å². The molecule has 0 spiro atoms. The van der Waals surface area contributed by atoms with Crippen LogP contribution in [0.2, 0.25) is 10.2 Å². The highest BCUT2D eigenvalue weighted by Gasteiger charge is 2.31. The molecule has 2 heterocycles. The molecule has 1 aliphatic rings. The first kappa shape index (κ1) is 26.6. The summed E-state index contributed by atoms with van der Waals surface area (Å²) in [5.41, 5.74) is 2.10. The topological polar surface area (TPSA) is 100 Å². The van der Waals surface area contributed by atoms with Crippen LogP contribution in [-0.2, 0) is 4.79 Å². The molecule has 0 bridgehead atoms. The van der Waals surface area contributed by atoms with Crippen LogP contribution in [0.15, 0.2) is 6.33 Å². The van der Waals surface area contributed by atoms with E-state index in [4.69, 9.17) is 33.4 Å². The van der Waals surface area contributed by atoms with E-state index in [1.807, 2.05) is 39.2 Å². The maximum Gasteiger partial charge on any atom is 0.222 e. The van der Waals surface area contributed by atoms with E-state index in [1.165, 1.54) is 0 Å². The Kier molecular flexibility index (Phi) is 13.0. The molecule has 0 aromatic carbocycles. The van der Waals surface area contributed by atoms with E-state index in [0.717, 1.165) is 24.8 Å². The van der Waals surface area contributed by atoms with Gasteiger partial charge in [-0.2, -0.15) is 0 Å². The zero-order chi connectivity index (χ0) is 21.9. The number of carbonyl (C=O) groups excluding carboxylic acids is 1. The molecule has 0 saturated heterocycles. The number of rotatable bonds is 2. The number of imidazole rings is 1. The van der Waals surface area contributed by atoms with Gasteiger partial charge in [0.25, 0.3) is 0 Å². The van der Waals surface area contributed by atoms with E-state index in [1.54, 1.807) is 13.4 Å². The summed E-state index contributed by atoms with van der Waals surface area (Å²) in [4.78, 5) is 20.5. The molecule has 1 fully saturated rings. The maximum absolute atomic E-state index is 11.8. The van der Waals surface area contributed by atoms with E-state index in [2.05, 4.69) is 15.3 Å². The van der Waals surface area contributed by atoms with Crippen molar-refractivity contribution in [2.45, 2.75) is 59.9 Å². The Morgan fingerprint density at radius 2 is 1.82 bits per heavy atom. The first-order valence-corrected chi connectivity index (χ1v) is 10.3. The first-order chi connectivity index (χ1) is 13.4. The third kappa shape index (κ3) is 6.30. The van der Waals surface area contributed by atoms with Gasteiger partial charge in [0.05, 0.1) is 11.3 Å². The predicted octanol–water partition coefficient (Wildman–Crippen LogP) is 4.11. The summed E-state index contributed by atoms with van der Waals surface area (Å²) in [7, 11) is 1.67. The number of hydrogen-bond acceptors (Lipinski definition) is 5. The van der Waals surface area contributed by atoms with Gasteiger partial charge in [-0.3, -0.25) is 4.79 Å². The minimum Gasteiger partial charge on any atom is -0.371 e. The van der Waals surface area contributed by atoms with Crippen LogP contribution in [0, 0.1) is 12.8 Å². The molecule has 1 aliphatic carbocycles. The highest BCUT2D eigenvalue weighted by Crippen LogP contribution is 2.38. The number of nitrogens with one attached hydrogen (secondary N) is 1. The second kappa shape index (κ2) is 13.7. The van der Waals surface area contributed by atoms with Crippen LogP contribution in [0.4, 0.5) is 0 Å². The Bertz CT molecular complexity index is 738. The molecule has 2 aromatic rings. The fourth-order valence-electron chi connectivity index (χ4n) is 2.98. The van der Waals surface area contributed by atoms with E-state index < -0.39 is 6.79 Å². The van der Waals surface area contributed by atoms with E-state index in [0.29, 0.717) is 21.3 Å². The molecule has 0 radical (unpaired) electrons. The van der Waals surface area contributed by atoms with Gasteiger partial charge in [-0.1, -0.05) is 50.9 Å². The summed E-state index contributed by atoms with van der Waals surface area (Å²) < 4.78 is 2.00. The third-order valence-electron chi connectivity index (χ3n) is 4.23. The number of carbonyl (C=O) groups is 1. The number of aliphatic hydroxyl groups is 2. The number of hydrogen-bond donors (Lipinski definition) is 3. The van der Waals surface area contributed by atoms with Gasteiger partial charge in [0.1, 0.15) is 17.5 Å². The van der Waals surface area contributed by atoms with Gasteiger partial charge < -0.3 is 20.1 Å². The first-order valence-electron chi connectivity index (χ1n) is 9.56. The smallest absolute Gasteiger partial charge is 0.222 e. The van der Waals surface area contributed by atoms with Gasteiger partial charge in [-0.05, 0) is 26.2 Å². The minimum atomic E-state index is -0.750. The average Bonchev–Trinajstić information content (AvgIpc) is 3.36. The SMILES string of the molecule is CC.CC.CNC(=O)C1CCC(n2cnc3c(Cl)c(C)c(Cl)nc32)C1.OCO. The van der Waals surface area contributed by atoms with Crippen molar-refractivity contribution >= 4 is 40.3 Å². The number of halogens is 2. The van der Waals surface area contributed by atoms with Crippen LogP contribution in [0.25, 0.3) is 11.2 Å². The zero-order valence-corrected chi connectivity index (χ0v) is 19.0. The number of nitrogens with zero attached hydrogens (tertiary/aromatic N) is 3. The van der Waals surface area contributed by atoms with Crippen molar-refractivity contribution in [3.63, 3.8) is 0 Å². The molecule has 28 heavy (non-hydrogen) atoms. The van der Waals surface area contributed by atoms with Crippen molar-refractivity contribution < 1.29 is 15.0 Å². The van der Waals surface area contributed by atoms with Crippen LogP contribution in [0.3, 0.4) is 0 Å². The van der Waals surface area contributed by atoms with Crippen molar-refractivity contribution in [1.82, 2.24) is 19.9 Å². The van der Waals surface area contributed by atoms with Crippen molar-refractivity contribution in [3.05, 3.63) is 22.1 Å². The van der Waals surface area contributed by atoms with Crippen molar-refractivity contribution in [3.8, 4) is 0 Å². The summed E-state index contributed by atoms with van der Waals surface area (Å²) in [5.74, 6) is 0.149. The van der Waals surface area contributed by atoms with Gasteiger partial charge in [0.15, 0.2) is 5.65 Å².